The minimum Gasteiger partial charge on any atom is -0.292 e. The molecule has 0 atom stereocenters. The van der Waals surface area contributed by atoms with Gasteiger partial charge in [0.1, 0.15) is 11.3 Å². The summed E-state index contributed by atoms with van der Waals surface area (Å²) >= 11 is 0. The van der Waals surface area contributed by atoms with E-state index in [0.29, 0.717) is 0 Å². The zero-order valence-corrected chi connectivity index (χ0v) is 59.3. The highest BCUT2D eigenvalue weighted by Gasteiger charge is 2.26. The van der Waals surface area contributed by atoms with Crippen LogP contribution in [0.5, 0.6) is 0 Å². The van der Waals surface area contributed by atoms with E-state index in [4.69, 9.17) is 19.9 Å². The first-order valence-electron chi connectivity index (χ1n) is 37.7. The van der Waals surface area contributed by atoms with Gasteiger partial charge in [0.15, 0.2) is 0 Å². The van der Waals surface area contributed by atoms with Crippen LogP contribution in [-0.2, 0) is 0 Å². The minimum atomic E-state index is 0.863. The van der Waals surface area contributed by atoms with Crippen molar-refractivity contribution in [2.45, 2.75) is 0 Å². The van der Waals surface area contributed by atoms with Crippen LogP contribution in [0.3, 0.4) is 0 Å². The van der Waals surface area contributed by atoms with E-state index in [1.54, 1.807) is 0 Å². The Balaban J connectivity index is 0.749. The third kappa shape index (κ3) is 8.99. The van der Waals surface area contributed by atoms with Crippen LogP contribution in [0.4, 0.5) is 0 Å². The second kappa shape index (κ2) is 23.4. The molecule has 6 aromatic heterocycles. The van der Waals surface area contributed by atoms with Crippen LogP contribution in [-0.4, -0.2) is 28.7 Å². The van der Waals surface area contributed by atoms with Crippen LogP contribution < -0.4 is 0 Å². The lowest BCUT2D eigenvalue weighted by molar-refractivity contribution is 1.30. The lowest BCUT2D eigenvalue weighted by Gasteiger charge is -2.21. The topological polar surface area (TPSA) is 60.4 Å². The number of para-hydroxylation sites is 4. The van der Waals surface area contributed by atoms with Gasteiger partial charge in [0.25, 0.3) is 0 Å². The average Bonchev–Trinajstić information content (AvgIpc) is 1.30. The summed E-state index contributed by atoms with van der Waals surface area (Å²) in [6.07, 6.45) is 5.89. The lowest BCUT2D eigenvalue weighted by atomic mass is 9.83. The Labute approximate surface area is 629 Å². The smallest absolute Gasteiger partial charge is 0.148 e. The monoisotopic (exact) mass is 1390 g/mol. The third-order valence-electron chi connectivity index (χ3n) is 23.7. The average molecular weight is 1390 g/mol. The highest BCUT2D eigenvalue weighted by molar-refractivity contribution is 6.27. The summed E-state index contributed by atoms with van der Waals surface area (Å²) in [6, 6.07) is 128. The van der Waals surface area contributed by atoms with Crippen molar-refractivity contribution in [2.24, 2.45) is 0 Å². The maximum atomic E-state index is 5.61. The highest BCUT2D eigenvalue weighted by Crippen LogP contribution is 2.51. The van der Waals surface area contributed by atoms with Crippen molar-refractivity contribution in [1.29, 1.82) is 0 Å². The Morgan fingerprint density at radius 2 is 0.627 bits per heavy atom. The summed E-state index contributed by atoms with van der Waals surface area (Å²) in [4.78, 5) is 21.0. The van der Waals surface area contributed by atoms with Crippen molar-refractivity contribution >= 4 is 163 Å². The van der Waals surface area contributed by atoms with Gasteiger partial charge in [-0.25, -0.2) is 9.97 Å². The van der Waals surface area contributed by atoms with Crippen molar-refractivity contribution in [3.05, 3.63) is 364 Å². The second-order valence-corrected chi connectivity index (χ2v) is 29.5. The maximum absolute atomic E-state index is 5.61. The fourth-order valence-corrected chi connectivity index (χ4v) is 18.7. The molecular formula is C104H60N6. The van der Waals surface area contributed by atoms with Crippen molar-refractivity contribution in [3.63, 3.8) is 0 Å². The van der Waals surface area contributed by atoms with Gasteiger partial charge in [-0.05, 0) is 261 Å². The molecule has 0 aliphatic heterocycles. The van der Waals surface area contributed by atoms with Gasteiger partial charge in [0.05, 0.1) is 44.0 Å². The Morgan fingerprint density at radius 3 is 1.22 bits per heavy atom. The molecule has 0 unspecified atom stereocenters. The van der Waals surface area contributed by atoms with Crippen molar-refractivity contribution < 1.29 is 0 Å². The molecule has 0 radical (unpaired) electrons. The zero-order valence-electron chi connectivity index (χ0n) is 59.3. The summed E-state index contributed by atoms with van der Waals surface area (Å²) in [5.41, 5.74) is 24.9. The number of hydrogen-bond acceptors (Lipinski definition) is 4. The van der Waals surface area contributed by atoms with Crippen LogP contribution in [0.25, 0.3) is 241 Å². The molecule has 24 aromatic rings. The van der Waals surface area contributed by atoms with E-state index in [9.17, 15) is 0 Å². The molecule has 18 aromatic carbocycles. The van der Waals surface area contributed by atoms with Crippen LogP contribution >= 0.6 is 0 Å². The molecule has 6 heterocycles. The molecular weight excluding hydrogens is 1330 g/mol. The quantitative estimate of drug-likeness (QED) is 0.118. The molecule has 0 aliphatic carbocycles. The standard InChI is InChI=1S/C104H60N6/c1-4-20-65-52-73(35-32-61(65)16-1)97-79-25-9-10-26-80(79)100(78-27-15-23-64-19-7-8-24-76(64)78)83-44-39-69(57-87(83)97)71-42-47-94-89(58-71)102-101(104-108-92-29-12-14-31-96(92)110(94)104)77(49-51-106-102)72-40-45-82-88(59-72)99(75-37-34-63-18-3-6-22-67(63)54-75)81-43-38-68(56-86(81)98(82)74-36-33-62-17-2-5-21-66(62)53-74)70-41-46-93-85(55-70)90-60-105-50-48-84(90)103-107-91-28-11-13-30-95(91)109(93)103/h1-60H. The summed E-state index contributed by atoms with van der Waals surface area (Å²) < 4.78 is 4.69. The number of imidazole rings is 2. The fraction of sp³-hybridized carbons (Fsp3) is 0. The largest absolute Gasteiger partial charge is 0.292 e. The highest BCUT2D eigenvalue weighted by atomic mass is 15.0. The van der Waals surface area contributed by atoms with Gasteiger partial charge in [-0.3, -0.25) is 18.8 Å². The Kier molecular flexibility index (Phi) is 12.9. The molecule has 506 valence electrons. The molecule has 110 heavy (non-hydrogen) atoms. The van der Waals surface area contributed by atoms with E-state index >= 15 is 0 Å². The van der Waals surface area contributed by atoms with Gasteiger partial charge in [0.2, 0.25) is 0 Å². The van der Waals surface area contributed by atoms with E-state index in [1.807, 2.05) is 18.6 Å². The van der Waals surface area contributed by atoms with Gasteiger partial charge in [-0.15, -0.1) is 0 Å². The van der Waals surface area contributed by atoms with Gasteiger partial charge < -0.3 is 0 Å². The summed E-state index contributed by atoms with van der Waals surface area (Å²) in [5, 5.41) is 24.4. The van der Waals surface area contributed by atoms with Gasteiger partial charge in [0, 0.05) is 40.1 Å². The Bertz CT molecular complexity index is 8180. The van der Waals surface area contributed by atoms with E-state index < -0.39 is 0 Å². The fourth-order valence-electron chi connectivity index (χ4n) is 18.7. The number of hydrogen-bond donors (Lipinski definition) is 0. The van der Waals surface area contributed by atoms with Crippen molar-refractivity contribution in [3.8, 4) is 77.9 Å². The van der Waals surface area contributed by atoms with E-state index in [2.05, 4.69) is 355 Å². The molecule has 0 fully saturated rings. The van der Waals surface area contributed by atoms with E-state index in [-0.39, 0.29) is 0 Å². The molecule has 0 aliphatic rings. The lowest BCUT2D eigenvalue weighted by Crippen LogP contribution is -1.96. The van der Waals surface area contributed by atoms with Gasteiger partial charge in [-0.1, -0.05) is 249 Å². The number of nitrogens with zero attached hydrogens (tertiary/aromatic N) is 6. The molecule has 24 rings (SSSR count). The normalized spacial score (nSPS) is 12.2. The molecule has 0 spiro atoms. The second-order valence-electron chi connectivity index (χ2n) is 29.5. The molecule has 6 heteroatoms. The maximum Gasteiger partial charge on any atom is 0.148 e. The first kappa shape index (κ1) is 60.5. The van der Waals surface area contributed by atoms with Crippen LogP contribution in [0.2, 0.25) is 0 Å². The number of rotatable bonds is 7. The zero-order chi connectivity index (χ0) is 71.8. The Morgan fingerprint density at radius 1 is 0.209 bits per heavy atom. The third-order valence-corrected chi connectivity index (χ3v) is 23.7. The predicted octanol–water partition coefficient (Wildman–Crippen LogP) is 27.6. The molecule has 6 nitrogen and oxygen atoms in total. The van der Waals surface area contributed by atoms with Gasteiger partial charge in [-0.2, -0.15) is 0 Å². The van der Waals surface area contributed by atoms with Crippen LogP contribution in [0, 0.1) is 0 Å². The summed E-state index contributed by atoms with van der Waals surface area (Å²) in [6.45, 7) is 0. The first-order valence-corrected chi connectivity index (χ1v) is 37.7. The predicted molar refractivity (Wildman–Crippen MR) is 463 cm³/mol. The SMILES string of the molecule is c1ccc2cc(-c3c4ccc(-c5ccnc6c7cc(-c8ccc9c(-c%10cccc%11ccccc%10%11)c%10ccccc%10c(-c%10ccc%11ccccc%11c%10)c9c8)ccc7n7c8ccccc8nc7c56)cc4c(-c4ccc5ccccc5c4)c4ccc(-c5ccc6c(c5)c5cnccc5c5nc7ccccc7n65)cc34)ccc2c1. The van der Waals surface area contributed by atoms with E-state index in [0.717, 1.165) is 138 Å². The Hall–Kier alpha value is -14.7. The summed E-state index contributed by atoms with van der Waals surface area (Å²) in [5.74, 6) is 0. The van der Waals surface area contributed by atoms with Gasteiger partial charge >= 0.3 is 0 Å². The summed E-state index contributed by atoms with van der Waals surface area (Å²) in [7, 11) is 0. The molecule has 0 bridgehead atoms. The van der Waals surface area contributed by atoms with Crippen LogP contribution in [0.1, 0.15) is 0 Å². The number of benzene rings is 18. The molecule has 0 N–H and O–H groups in total. The van der Waals surface area contributed by atoms with Crippen molar-refractivity contribution in [1.82, 2.24) is 28.7 Å². The molecule has 0 amide bonds. The number of fused-ring (bicyclic) bond motifs is 24. The minimum absolute atomic E-state index is 0.863. The number of pyridine rings is 4. The van der Waals surface area contributed by atoms with E-state index in [1.165, 1.54) is 103 Å². The number of aromatic nitrogens is 6. The molecule has 0 saturated carbocycles. The van der Waals surface area contributed by atoms with Crippen LogP contribution in [0.15, 0.2) is 364 Å². The first-order chi connectivity index (χ1) is 54.5. The van der Waals surface area contributed by atoms with Crippen molar-refractivity contribution in [2.75, 3.05) is 0 Å². The molecule has 0 saturated heterocycles.